The third-order valence-corrected chi connectivity index (χ3v) is 3.99. The number of carbonyl (C=O) groups is 2. The molecule has 6 heteroatoms. The number of hydrogen-bond donors (Lipinski definition) is 2. The molecule has 0 radical (unpaired) electrons. The summed E-state index contributed by atoms with van der Waals surface area (Å²) in [7, 11) is 3.46. The number of anilines is 1. The Kier molecular flexibility index (Phi) is 8.65. The number of hydrogen-bond acceptors (Lipinski definition) is 3. The zero-order valence-electron chi connectivity index (χ0n) is 15.2. The van der Waals surface area contributed by atoms with E-state index in [0.717, 1.165) is 16.8 Å². The first-order valence-electron chi connectivity index (χ1n) is 8.38. The van der Waals surface area contributed by atoms with Gasteiger partial charge in [0.1, 0.15) is 0 Å². The lowest BCUT2D eigenvalue weighted by atomic mass is 10.1. The number of benzene rings is 2. The minimum Gasteiger partial charge on any atom is -0.399 e. The molecule has 0 aromatic heterocycles. The fraction of sp³-hybridized carbons (Fsp3) is 0.300. The van der Waals surface area contributed by atoms with Crippen molar-refractivity contribution in [3.05, 3.63) is 65.2 Å². The number of nitrogens with one attached hydrogen (secondary N) is 1. The molecule has 3 N–H and O–H groups in total. The molecule has 2 rings (SSSR count). The van der Waals surface area contributed by atoms with Gasteiger partial charge in [-0.2, -0.15) is 0 Å². The van der Waals surface area contributed by atoms with E-state index < -0.39 is 0 Å². The Hall–Kier alpha value is -2.53. The zero-order chi connectivity index (χ0) is 18.2. The van der Waals surface area contributed by atoms with Crippen LogP contribution in [0.5, 0.6) is 0 Å². The van der Waals surface area contributed by atoms with Gasteiger partial charge in [0.15, 0.2) is 0 Å². The molecule has 2 aromatic rings. The van der Waals surface area contributed by atoms with Crippen LogP contribution in [0, 0.1) is 0 Å². The highest BCUT2D eigenvalue weighted by Gasteiger charge is 2.08. The minimum atomic E-state index is -0.0219. The molecule has 0 saturated carbocycles. The van der Waals surface area contributed by atoms with Gasteiger partial charge in [0.2, 0.25) is 5.91 Å². The Bertz CT molecular complexity index is 747. The molecule has 0 aliphatic rings. The standard InChI is InChI=1S/C20H25N3O2.ClH/c1-23(2)20(25)17-8-5-6-15(14-17)12-13-22-19(24)11-10-16-7-3-4-9-18(16)21;/h3-9,14H,10-13,21H2,1-2H3,(H,22,24);1H. The Morgan fingerprint density at radius 3 is 2.46 bits per heavy atom. The molecule has 26 heavy (non-hydrogen) atoms. The van der Waals surface area contributed by atoms with Crippen molar-refractivity contribution < 1.29 is 9.59 Å². The average Bonchev–Trinajstić information content (AvgIpc) is 2.60. The van der Waals surface area contributed by atoms with Gasteiger partial charge in [-0.1, -0.05) is 30.3 Å². The summed E-state index contributed by atoms with van der Waals surface area (Å²) in [6.07, 6.45) is 1.73. The minimum absolute atomic E-state index is 0. The second-order valence-electron chi connectivity index (χ2n) is 6.20. The Balaban J connectivity index is 0.00000338. The molecule has 0 spiro atoms. The van der Waals surface area contributed by atoms with Crippen molar-refractivity contribution in [3.63, 3.8) is 0 Å². The third-order valence-electron chi connectivity index (χ3n) is 3.99. The van der Waals surface area contributed by atoms with E-state index in [0.29, 0.717) is 31.4 Å². The summed E-state index contributed by atoms with van der Waals surface area (Å²) < 4.78 is 0. The van der Waals surface area contributed by atoms with E-state index in [9.17, 15) is 9.59 Å². The van der Waals surface area contributed by atoms with Crippen molar-refractivity contribution in [1.82, 2.24) is 10.2 Å². The Morgan fingerprint density at radius 1 is 1.04 bits per heavy atom. The fourth-order valence-electron chi connectivity index (χ4n) is 2.56. The van der Waals surface area contributed by atoms with Crippen molar-refractivity contribution in [2.45, 2.75) is 19.3 Å². The van der Waals surface area contributed by atoms with Crippen LogP contribution in [-0.4, -0.2) is 37.4 Å². The highest BCUT2D eigenvalue weighted by Crippen LogP contribution is 2.12. The first-order valence-corrected chi connectivity index (χ1v) is 8.38. The third kappa shape index (κ3) is 6.41. The maximum atomic E-state index is 12.0. The molecular weight excluding hydrogens is 350 g/mol. The molecule has 0 atom stereocenters. The molecule has 140 valence electrons. The SMILES string of the molecule is CN(C)C(=O)c1cccc(CCNC(=O)CCc2ccccc2N)c1.Cl. The lowest BCUT2D eigenvalue weighted by Crippen LogP contribution is -2.26. The van der Waals surface area contributed by atoms with Crippen molar-refractivity contribution in [2.75, 3.05) is 26.4 Å². The molecule has 0 aliphatic heterocycles. The summed E-state index contributed by atoms with van der Waals surface area (Å²) in [5, 5.41) is 2.92. The van der Waals surface area contributed by atoms with Gasteiger partial charge >= 0.3 is 0 Å². The van der Waals surface area contributed by atoms with E-state index in [2.05, 4.69) is 5.32 Å². The monoisotopic (exact) mass is 375 g/mol. The Labute approximate surface area is 161 Å². The smallest absolute Gasteiger partial charge is 0.253 e. The van der Waals surface area contributed by atoms with Crippen molar-refractivity contribution in [3.8, 4) is 0 Å². The van der Waals surface area contributed by atoms with Crippen LogP contribution < -0.4 is 11.1 Å². The van der Waals surface area contributed by atoms with Gasteiger partial charge in [0.25, 0.3) is 5.91 Å². The molecule has 0 unspecified atom stereocenters. The van der Waals surface area contributed by atoms with Crippen LogP contribution in [-0.2, 0) is 17.6 Å². The number of amides is 2. The number of carbonyl (C=O) groups excluding carboxylic acids is 2. The topological polar surface area (TPSA) is 75.4 Å². The predicted octanol–water partition coefficient (Wildman–Crippen LogP) is 2.68. The summed E-state index contributed by atoms with van der Waals surface area (Å²) >= 11 is 0. The van der Waals surface area contributed by atoms with Crippen LogP contribution in [0.3, 0.4) is 0 Å². The average molecular weight is 376 g/mol. The van der Waals surface area contributed by atoms with Gasteiger partial charge in [-0.15, -0.1) is 12.4 Å². The summed E-state index contributed by atoms with van der Waals surface area (Å²) in [6, 6.07) is 15.1. The summed E-state index contributed by atoms with van der Waals surface area (Å²) in [4.78, 5) is 25.5. The maximum Gasteiger partial charge on any atom is 0.253 e. The second kappa shape index (κ2) is 10.5. The number of nitrogen functional groups attached to an aromatic ring is 1. The number of halogens is 1. The van der Waals surface area contributed by atoms with Crippen molar-refractivity contribution in [1.29, 1.82) is 0 Å². The molecule has 5 nitrogen and oxygen atoms in total. The number of aryl methyl sites for hydroxylation is 1. The zero-order valence-corrected chi connectivity index (χ0v) is 16.0. The van der Waals surface area contributed by atoms with Crippen molar-refractivity contribution >= 4 is 29.9 Å². The van der Waals surface area contributed by atoms with Crippen LogP contribution in [0.2, 0.25) is 0 Å². The highest BCUT2D eigenvalue weighted by molar-refractivity contribution is 5.94. The molecule has 0 fully saturated rings. The van der Waals surface area contributed by atoms with Gasteiger partial charge < -0.3 is 16.0 Å². The Morgan fingerprint density at radius 2 is 1.77 bits per heavy atom. The van der Waals surface area contributed by atoms with Crippen LogP contribution in [0.15, 0.2) is 48.5 Å². The number of rotatable bonds is 7. The summed E-state index contributed by atoms with van der Waals surface area (Å²) in [5.41, 5.74) is 9.28. The van der Waals surface area contributed by atoms with E-state index >= 15 is 0 Å². The summed E-state index contributed by atoms with van der Waals surface area (Å²) in [6.45, 7) is 0.544. The molecule has 0 bridgehead atoms. The maximum absolute atomic E-state index is 12.0. The number of nitrogens with two attached hydrogens (primary N) is 1. The van der Waals surface area contributed by atoms with Gasteiger partial charge in [-0.3, -0.25) is 9.59 Å². The number of para-hydroxylation sites is 1. The largest absolute Gasteiger partial charge is 0.399 e. The van der Waals surface area contributed by atoms with Crippen LogP contribution in [0.4, 0.5) is 5.69 Å². The van der Waals surface area contributed by atoms with E-state index in [4.69, 9.17) is 5.73 Å². The lowest BCUT2D eigenvalue weighted by Gasteiger charge is -2.11. The molecule has 0 saturated heterocycles. The fourth-order valence-corrected chi connectivity index (χ4v) is 2.56. The second-order valence-corrected chi connectivity index (χ2v) is 6.20. The van der Waals surface area contributed by atoms with E-state index in [1.165, 1.54) is 0 Å². The van der Waals surface area contributed by atoms with E-state index in [-0.39, 0.29) is 24.2 Å². The van der Waals surface area contributed by atoms with E-state index in [1.54, 1.807) is 25.1 Å². The normalized spacial score (nSPS) is 9.92. The predicted molar refractivity (Wildman–Crippen MR) is 108 cm³/mol. The van der Waals surface area contributed by atoms with Crippen LogP contribution in [0.1, 0.15) is 27.9 Å². The van der Waals surface area contributed by atoms with Gasteiger partial charge in [0, 0.05) is 38.3 Å². The molecular formula is C20H26ClN3O2. The first kappa shape index (κ1) is 21.5. The van der Waals surface area contributed by atoms with Crippen LogP contribution in [0.25, 0.3) is 0 Å². The molecule has 0 aliphatic carbocycles. The molecule has 0 heterocycles. The molecule has 2 aromatic carbocycles. The highest BCUT2D eigenvalue weighted by atomic mass is 35.5. The van der Waals surface area contributed by atoms with Crippen molar-refractivity contribution in [2.24, 2.45) is 0 Å². The summed E-state index contributed by atoms with van der Waals surface area (Å²) in [5.74, 6) is -0.0184. The lowest BCUT2D eigenvalue weighted by molar-refractivity contribution is -0.121. The van der Waals surface area contributed by atoms with Gasteiger partial charge in [-0.25, -0.2) is 0 Å². The molecule has 2 amide bonds. The van der Waals surface area contributed by atoms with Gasteiger partial charge in [0.05, 0.1) is 0 Å². The first-order chi connectivity index (χ1) is 12.0. The quantitative estimate of drug-likeness (QED) is 0.730. The van der Waals surface area contributed by atoms with Gasteiger partial charge in [-0.05, 0) is 42.2 Å². The number of nitrogens with zero attached hydrogens (tertiary/aromatic N) is 1. The van der Waals surface area contributed by atoms with E-state index in [1.807, 2.05) is 42.5 Å². The van der Waals surface area contributed by atoms with Crippen LogP contribution >= 0.6 is 12.4 Å².